The highest BCUT2D eigenvalue weighted by Gasteiger charge is 2.17. The van der Waals surface area contributed by atoms with E-state index in [1.807, 2.05) is 54.6 Å². The second-order valence-electron chi connectivity index (χ2n) is 5.90. The third kappa shape index (κ3) is 4.25. The Bertz CT molecular complexity index is 1020. The van der Waals surface area contributed by atoms with Crippen molar-refractivity contribution in [1.82, 2.24) is 0 Å². The SMILES string of the molecule is C=C/C=C\c1oc2c(Cl)cccc2c1CC(N)N=C(N=C)c1ccccc1. The lowest BCUT2D eigenvalue weighted by Crippen LogP contribution is -2.22. The van der Waals surface area contributed by atoms with E-state index in [0.29, 0.717) is 28.6 Å². The number of benzene rings is 2. The molecule has 3 aromatic rings. The van der Waals surface area contributed by atoms with Crippen molar-refractivity contribution in [2.24, 2.45) is 15.7 Å². The zero-order valence-electron chi connectivity index (χ0n) is 14.8. The summed E-state index contributed by atoms with van der Waals surface area (Å²) in [7, 11) is 0. The van der Waals surface area contributed by atoms with Gasteiger partial charge in [-0.25, -0.2) is 9.98 Å². The molecule has 1 aromatic heterocycles. The molecule has 0 spiro atoms. The normalized spacial score (nSPS) is 13.2. The Balaban J connectivity index is 1.98. The van der Waals surface area contributed by atoms with E-state index in [9.17, 15) is 0 Å². The summed E-state index contributed by atoms with van der Waals surface area (Å²) in [5, 5.41) is 1.48. The van der Waals surface area contributed by atoms with Crippen molar-refractivity contribution in [2.45, 2.75) is 12.6 Å². The quantitative estimate of drug-likeness (QED) is 0.361. The standard InChI is InChI=1S/C22H20ClN3O/c1-3-4-13-19-17(16-11-8-12-18(23)21(16)27-19)14-20(24)26-22(25-2)15-9-6-5-7-10-15/h3-13,20H,1-2,14,24H2/b13-4-,26-22?. The van der Waals surface area contributed by atoms with E-state index in [1.165, 1.54) is 0 Å². The molecule has 1 unspecified atom stereocenters. The van der Waals surface area contributed by atoms with Crippen LogP contribution in [-0.4, -0.2) is 18.7 Å². The van der Waals surface area contributed by atoms with Gasteiger partial charge < -0.3 is 10.2 Å². The molecule has 0 aliphatic heterocycles. The van der Waals surface area contributed by atoms with Gasteiger partial charge >= 0.3 is 0 Å². The maximum atomic E-state index is 6.31. The Hall–Kier alpha value is -2.95. The molecule has 136 valence electrons. The minimum atomic E-state index is -0.513. The van der Waals surface area contributed by atoms with E-state index >= 15 is 0 Å². The molecule has 0 amide bonds. The number of halogens is 1. The van der Waals surface area contributed by atoms with Gasteiger partial charge in [0.15, 0.2) is 11.4 Å². The van der Waals surface area contributed by atoms with Crippen molar-refractivity contribution in [2.75, 3.05) is 0 Å². The fraction of sp³-hybridized carbons (Fsp3) is 0.0909. The van der Waals surface area contributed by atoms with Gasteiger partial charge in [0.25, 0.3) is 0 Å². The monoisotopic (exact) mass is 377 g/mol. The van der Waals surface area contributed by atoms with Crippen LogP contribution in [-0.2, 0) is 6.42 Å². The molecule has 2 aromatic carbocycles. The third-order valence-corrected chi connectivity index (χ3v) is 4.37. The van der Waals surface area contributed by atoms with Gasteiger partial charge in [-0.15, -0.1) is 0 Å². The van der Waals surface area contributed by atoms with Gasteiger partial charge in [0.1, 0.15) is 11.9 Å². The molecule has 1 atom stereocenters. The van der Waals surface area contributed by atoms with Crippen molar-refractivity contribution in [3.8, 4) is 0 Å². The molecule has 3 rings (SSSR count). The highest BCUT2D eigenvalue weighted by atomic mass is 35.5. The number of furan rings is 1. The van der Waals surface area contributed by atoms with Gasteiger partial charge in [-0.05, 0) is 18.9 Å². The summed E-state index contributed by atoms with van der Waals surface area (Å²) in [5.74, 6) is 1.20. The fourth-order valence-corrected chi connectivity index (χ4v) is 3.07. The Morgan fingerprint density at radius 1 is 1.19 bits per heavy atom. The van der Waals surface area contributed by atoms with Crippen molar-refractivity contribution >= 4 is 41.2 Å². The lowest BCUT2D eigenvalue weighted by molar-refractivity contribution is 0.592. The second-order valence-corrected chi connectivity index (χ2v) is 6.31. The number of nitrogens with zero attached hydrogens (tertiary/aromatic N) is 2. The van der Waals surface area contributed by atoms with Crippen LogP contribution in [0.1, 0.15) is 16.9 Å². The molecule has 1 heterocycles. The zero-order chi connectivity index (χ0) is 19.2. The van der Waals surface area contributed by atoms with E-state index in [0.717, 1.165) is 16.5 Å². The van der Waals surface area contributed by atoms with Crippen molar-refractivity contribution in [1.29, 1.82) is 0 Å². The van der Waals surface area contributed by atoms with E-state index in [4.69, 9.17) is 21.8 Å². The minimum absolute atomic E-state index is 0.468. The number of hydrogen-bond donors (Lipinski definition) is 1. The molecule has 0 aliphatic rings. The Kier molecular flexibility index (Phi) is 6.01. The molecule has 5 heteroatoms. The van der Waals surface area contributed by atoms with Gasteiger partial charge in [-0.3, -0.25) is 0 Å². The van der Waals surface area contributed by atoms with E-state index in [1.54, 1.807) is 12.1 Å². The van der Waals surface area contributed by atoms with Crippen LogP contribution in [0.3, 0.4) is 0 Å². The summed E-state index contributed by atoms with van der Waals surface area (Å²) >= 11 is 6.28. The largest absolute Gasteiger partial charge is 0.455 e. The van der Waals surface area contributed by atoms with Crippen LogP contribution in [0.2, 0.25) is 5.02 Å². The maximum Gasteiger partial charge on any atom is 0.155 e. The number of hydrogen-bond acceptors (Lipinski definition) is 3. The Morgan fingerprint density at radius 2 is 1.96 bits per heavy atom. The summed E-state index contributed by atoms with van der Waals surface area (Å²) in [6.45, 7) is 7.31. The lowest BCUT2D eigenvalue weighted by Gasteiger charge is -2.09. The van der Waals surface area contributed by atoms with Gasteiger partial charge in [-0.1, -0.05) is 72.8 Å². The topological polar surface area (TPSA) is 63.9 Å². The fourth-order valence-electron chi connectivity index (χ4n) is 2.86. The summed E-state index contributed by atoms with van der Waals surface area (Å²) in [6.07, 6.45) is 5.30. The lowest BCUT2D eigenvalue weighted by atomic mass is 10.1. The van der Waals surface area contributed by atoms with E-state index in [-0.39, 0.29) is 0 Å². The predicted octanol–water partition coefficient (Wildman–Crippen LogP) is 5.26. The smallest absolute Gasteiger partial charge is 0.155 e. The first-order valence-corrected chi connectivity index (χ1v) is 8.86. The van der Waals surface area contributed by atoms with Crippen LogP contribution < -0.4 is 5.73 Å². The second kappa shape index (κ2) is 8.62. The van der Waals surface area contributed by atoms with E-state index in [2.05, 4.69) is 23.3 Å². The van der Waals surface area contributed by atoms with E-state index < -0.39 is 6.17 Å². The summed E-state index contributed by atoms with van der Waals surface area (Å²) in [5.41, 5.74) is 8.76. The molecule has 0 saturated heterocycles. The van der Waals surface area contributed by atoms with Gasteiger partial charge in [0.05, 0.1) is 5.02 Å². The molecule has 0 saturated carbocycles. The average Bonchev–Trinajstić information content (AvgIpc) is 3.04. The summed E-state index contributed by atoms with van der Waals surface area (Å²) < 4.78 is 5.94. The van der Waals surface area contributed by atoms with Crippen LogP contribution in [0.15, 0.2) is 81.7 Å². The number of amidine groups is 1. The molecular formula is C22H20ClN3O. The van der Waals surface area contributed by atoms with Crippen LogP contribution in [0, 0.1) is 0 Å². The maximum absolute atomic E-state index is 6.31. The first kappa shape index (κ1) is 18.8. The van der Waals surface area contributed by atoms with Crippen LogP contribution >= 0.6 is 11.6 Å². The highest BCUT2D eigenvalue weighted by Crippen LogP contribution is 2.32. The van der Waals surface area contributed by atoms with Crippen LogP contribution in [0.25, 0.3) is 17.0 Å². The molecular weight excluding hydrogens is 358 g/mol. The van der Waals surface area contributed by atoms with Gasteiger partial charge in [-0.2, -0.15) is 0 Å². The molecule has 4 nitrogen and oxygen atoms in total. The van der Waals surface area contributed by atoms with Gasteiger partial charge in [0.2, 0.25) is 0 Å². The summed E-state index contributed by atoms with van der Waals surface area (Å²) in [4.78, 5) is 8.56. The molecule has 0 fully saturated rings. The van der Waals surface area contributed by atoms with Crippen molar-refractivity contribution in [3.05, 3.63) is 89.2 Å². The average molecular weight is 378 g/mol. The summed E-state index contributed by atoms with van der Waals surface area (Å²) in [6, 6.07) is 15.3. The minimum Gasteiger partial charge on any atom is -0.455 e. The molecule has 0 bridgehead atoms. The number of allylic oxidation sites excluding steroid dienone is 2. The Labute approximate surface area is 163 Å². The Morgan fingerprint density at radius 3 is 2.67 bits per heavy atom. The van der Waals surface area contributed by atoms with Crippen LogP contribution in [0.5, 0.6) is 0 Å². The zero-order valence-corrected chi connectivity index (χ0v) is 15.6. The first-order chi connectivity index (χ1) is 13.1. The number of fused-ring (bicyclic) bond motifs is 1. The molecule has 2 N–H and O–H groups in total. The van der Waals surface area contributed by atoms with Crippen LogP contribution in [0.4, 0.5) is 0 Å². The highest BCUT2D eigenvalue weighted by molar-refractivity contribution is 6.35. The number of para-hydroxylation sites is 1. The molecule has 27 heavy (non-hydrogen) atoms. The first-order valence-electron chi connectivity index (χ1n) is 8.48. The van der Waals surface area contributed by atoms with Crippen molar-refractivity contribution in [3.63, 3.8) is 0 Å². The molecule has 0 aliphatic carbocycles. The molecule has 0 radical (unpaired) electrons. The van der Waals surface area contributed by atoms with Crippen molar-refractivity contribution < 1.29 is 4.42 Å². The van der Waals surface area contributed by atoms with Gasteiger partial charge in [0, 0.05) is 22.9 Å². The third-order valence-electron chi connectivity index (χ3n) is 4.07. The predicted molar refractivity (Wildman–Crippen MR) is 115 cm³/mol. The number of aliphatic imine (C=N–C) groups is 2. The number of nitrogens with two attached hydrogens (primary N) is 1. The number of rotatable bonds is 6.